The predicted molar refractivity (Wildman–Crippen MR) is 77.8 cm³/mol. The lowest BCUT2D eigenvalue weighted by Crippen LogP contribution is -2.17. The maximum absolute atomic E-state index is 11.6. The standard InChI is InChI=1S/C15H31NO3/c1-12(2)11-18-9-10-19-15(17)6-5-14(7-8-16)13(3)4/h12-14H,5-11,16H2,1-4H3. The van der Waals surface area contributed by atoms with Crippen LogP contribution in [0, 0.1) is 17.8 Å². The molecule has 0 saturated carbocycles. The second-order valence-electron chi connectivity index (χ2n) is 5.81. The van der Waals surface area contributed by atoms with E-state index in [9.17, 15) is 4.79 Å². The number of rotatable bonds is 11. The van der Waals surface area contributed by atoms with Gasteiger partial charge < -0.3 is 15.2 Å². The zero-order valence-electron chi connectivity index (χ0n) is 13.0. The smallest absolute Gasteiger partial charge is 0.305 e. The topological polar surface area (TPSA) is 61.5 Å². The van der Waals surface area contributed by atoms with Crippen LogP contribution in [-0.4, -0.2) is 32.3 Å². The first kappa shape index (κ1) is 18.4. The molecule has 19 heavy (non-hydrogen) atoms. The Morgan fingerprint density at radius 3 is 2.32 bits per heavy atom. The van der Waals surface area contributed by atoms with E-state index < -0.39 is 0 Å². The summed E-state index contributed by atoms with van der Waals surface area (Å²) in [6.07, 6.45) is 2.32. The Labute approximate surface area is 118 Å². The highest BCUT2D eigenvalue weighted by atomic mass is 16.6. The first-order valence-electron chi connectivity index (χ1n) is 7.40. The SMILES string of the molecule is CC(C)COCCOC(=O)CCC(CCN)C(C)C. The molecule has 1 atom stereocenters. The Morgan fingerprint density at radius 1 is 1.11 bits per heavy atom. The molecule has 114 valence electrons. The highest BCUT2D eigenvalue weighted by Gasteiger charge is 2.14. The normalized spacial score (nSPS) is 13.0. The fraction of sp³-hybridized carbons (Fsp3) is 0.933. The summed E-state index contributed by atoms with van der Waals surface area (Å²) in [6.45, 7) is 10.8. The van der Waals surface area contributed by atoms with Gasteiger partial charge in [0.05, 0.1) is 6.61 Å². The maximum Gasteiger partial charge on any atom is 0.305 e. The lowest BCUT2D eigenvalue weighted by Gasteiger charge is -2.19. The average molecular weight is 273 g/mol. The number of carbonyl (C=O) groups is 1. The molecular formula is C15H31NO3. The molecule has 1 unspecified atom stereocenters. The van der Waals surface area contributed by atoms with Crippen molar-refractivity contribution in [1.29, 1.82) is 0 Å². The van der Waals surface area contributed by atoms with Gasteiger partial charge in [0.25, 0.3) is 0 Å². The van der Waals surface area contributed by atoms with Crippen LogP contribution in [0.2, 0.25) is 0 Å². The molecule has 2 N–H and O–H groups in total. The average Bonchev–Trinajstić information content (AvgIpc) is 2.33. The van der Waals surface area contributed by atoms with Crippen molar-refractivity contribution in [3.8, 4) is 0 Å². The quantitative estimate of drug-likeness (QED) is 0.464. The predicted octanol–water partition coefficient (Wildman–Crippen LogP) is 2.60. The van der Waals surface area contributed by atoms with E-state index in [-0.39, 0.29) is 5.97 Å². The third-order valence-electron chi connectivity index (χ3n) is 3.14. The second kappa shape index (κ2) is 11.2. The van der Waals surface area contributed by atoms with Gasteiger partial charge in [-0.15, -0.1) is 0 Å². The molecule has 0 aliphatic heterocycles. The van der Waals surface area contributed by atoms with Crippen molar-refractivity contribution in [3.63, 3.8) is 0 Å². The van der Waals surface area contributed by atoms with Crippen molar-refractivity contribution in [2.75, 3.05) is 26.4 Å². The third-order valence-corrected chi connectivity index (χ3v) is 3.14. The first-order chi connectivity index (χ1) is 8.97. The summed E-state index contributed by atoms with van der Waals surface area (Å²) in [7, 11) is 0. The summed E-state index contributed by atoms with van der Waals surface area (Å²) in [5.41, 5.74) is 5.58. The van der Waals surface area contributed by atoms with Gasteiger partial charge in [-0.3, -0.25) is 4.79 Å². The van der Waals surface area contributed by atoms with Gasteiger partial charge in [0.15, 0.2) is 0 Å². The summed E-state index contributed by atoms with van der Waals surface area (Å²) >= 11 is 0. The van der Waals surface area contributed by atoms with Crippen LogP contribution in [0.3, 0.4) is 0 Å². The van der Waals surface area contributed by atoms with Crippen LogP contribution in [0.15, 0.2) is 0 Å². The lowest BCUT2D eigenvalue weighted by molar-refractivity contribution is -0.145. The summed E-state index contributed by atoms with van der Waals surface area (Å²) in [4.78, 5) is 11.6. The van der Waals surface area contributed by atoms with Crippen LogP contribution >= 0.6 is 0 Å². The van der Waals surface area contributed by atoms with Gasteiger partial charge in [0, 0.05) is 13.0 Å². The molecule has 0 radical (unpaired) electrons. The van der Waals surface area contributed by atoms with E-state index >= 15 is 0 Å². The van der Waals surface area contributed by atoms with Crippen molar-refractivity contribution < 1.29 is 14.3 Å². The Kier molecular flexibility index (Phi) is 10.9. The van der Waals surface area contributed by atoms with E-state index in [1.807, 2.05) is 0 Å². The van der Waals surface area contributed by atoms with Gasteiger partial charge in [0.2, 0.25) is 0 Å². The van der Waals surface area contributed by atoms with Gasteiger partial charge in [-0.1, -0.05) is 27.7 Å². The minimum absolute atomic E-state index is 0.129. The molecular weight excluding hydrogens is 242 g/mol. The molecule has 0 aromatic rings. The molecule has 0 rings (SSSR count). The molecule has 4 heteroatoms. The van der Waals surface area contributed by atoms with E-state index in [0.717, 1.165) is 12.8 Å². The molecule has 0 aliphatic carbocycles. The third kappa shape index (κ3) is 11.0. The number of carbonyl (C=O) groups excluding carboxylic acids is 1. The monoisotopic (exact) mass is 273 g/mol. The minimum Gasteiger partial charge on any atom is -0.463 e. The molecule has 4 nitrogen and oxygen atoms in total. The van der Waals surface area contributed by atoms with Crippen LogP contribution in [0.1, 0.15) is 47.0 Å². The number of hydrogen-bond donors (Lipinski definition) is 1. The van der Waals surface area contributed by atoms with Gasteiger partial charge in [-0.2, -0.15) is 0 Å². The Morgan fingerprint density at radius 2 is 1.79 bits per heavy atom. The summed E-state index contributed by atoms with van der Waals surface area (Å²) < 4.78 is 10.5. The molecule has 0 saturated heterocycles. The second-order valence-corrected chi connectivity index (χ2v) is 5.81. The van der Waals surface area contributed by atoms with Gasteiger partial charge in [-0.05, 0) is 37.1 Å². The molecule has 0 bridgehead atoms. The molecule has 0 heterocycles. The number of esters is 1. The largest absolute Gasteiger partial charge is 0.463 e. The number of nitrogens with two attached hydrogens (primary N) is 1. The van der Waals surface area contributed by atoms with E-state index in [1.165, 1.54) is 0 Å². The maximum atomic E-state index is 11.6. The lowest BCUT2D eigenvalue weighted by atomic mass is 9.88. The summed E-state index contributed by atoms with van der Waals surface area (Å²) in [5, 5.41) is 0. The van der Waals surface area contributed by atoms with Crippen molar-refractivity contribution in [2.24, 2.45) is 23.5 Å². The van der Waals surface area contributed by atoms with E-state index in [1.54, 1.807) is 0 Å². The van der Waals surface area contributed by atoms with E-state index in [2.05, 4.69) is 27.7 Å². The highest BCUT2D eigenvalue weighted by Crippen LogP contribution is 2.20. The minimum atomic E-state index is -0.129. The van der Waals surface area contributed by atoms with Crippen LogP contribution in [0.4, 0.5) is 0 Å². The number of hydrogen-bond acceptors (Lipinski definition) is 4. The zero-order valence-corrected chi connectivity index (χ0v) is 13.0. The molecule has 0 aliphatic rings. The van der Waals surface area contributed by atoms with E-state index in [0.29, 0.717) is 50.5 Å². The van der Waals surface area contributed by atoms with Crippen molar-refractivity contribution in [1.82, 2.24) is 0 Å². The Balaban J connectivity index is 3.62. The first-order valence-corrected chi connectivity index (χ1v) is 7.40. The van der Waals surface area contributed by atoms with Crippen molar-refractivity contribution in [2.45, 2.75) is 47.0 Å². The van der Waals surface area contributed by atoms with Crippen molar-refractivity contribution in [3.05, 3.63) is 0 Å². The molecule has 0 amide bonds. The highest BCUT2D eigenvalue weighted by molar-refractivity contribution is 5.69. The molecule has 0 fully saturated rings. The van der Waals surface area contributed by atoms with Crippen LogP contribution in [0.25, 0.3) is 0 Å². The van der Waals surface area contributed by atoms with Gasteiger partial charge >= 0.3 is 5.97 Å². The van der Waals surface area contributed by atoms with Crippen LogP contribution in [-0.2, 0) is 14.3 Å². The molecule has 0 spiro atoms. The van der Waals surface area contributed by atoms with Gasteiger partial charge in [0.1, 0.15) is 6.61 Å². The van der Waals surface area contributed by atoms with Crippen molar-refractivity contribution >= 4 is 5.97 Å². The Hall–Kier alpha value is -0.610. The summed E-state index contributed by atoms with van der Waals surface area (Å²) in [5.74, 6) is 1.45. The van der Waals surface area contributed by atoms with E-state index in [4.69, 9.17) is 15.2 Å². The Bertz CT molecular complexity index is 229. The molecule has 0 aromatic carbocycles. The molecule has 0 aromatic heterocycles. The summed E-state index contributed by atoms with van der Waals surface area (Å²) in [6, 6.07) is 0. The fourth-order valence-corrected chi connectivity index (χ4v) is 1.93. The van der Waals surface area contributed by atoms with Crippen LogP contribution < -0.4 is 5.73 Å². The fourth-order valence-electron chi connectivity index (χ4n) is 1.93. The zero-order chi connectivity index (χ0) is 14.7. The van der Waals surface area contributed by atoms with Gasteiger partial charge in [-0.25, -0.2) is 0 Å². The van der Waals surface area contributed by atoms with Crippen LogP contribution in [0.5, 0.6) is 0 Å². The number of ether oxygens (including phenoxy) is 2.